The summed E-state index contributed by atoms with van der Waals surface area (Å²) in [6.07, 6.45) is 7.64. The van der Waals surface area contributed by atoms with Gasteiger partial charge >= 0.3 is 0 Å². The SMILES string of the molecule is Clc1cc(OCc2ccccc2)cc(Cl)c1C[C@@H]1CCN(C2CCCc3cn[nH]c32)C1. The molecule has 2 atom stereocenters. The van der Waals surface area contributed by atoms with Gasteiger partial charge in [-0.25, -0.2) is 0 Å². The maximum Gasteiger partial charge on any atom is 0.122 e. The topological polar surface area (TPSA) is 41.1 Å². The molecule has 2 aliphatic rings. The number of hydrogen-bond donors (Lipinski definition) is 1. The van der Waals surface area contributed by atoms with E-state index in [9.17, 15) is 0 Å². The van der Waals surface area contributed by atoms with Gasteiger partial charge in [-0.05, 0) is 73.4 Å². The molecule has 1 N–H and O–H groups in total. The van der Waals surface area contributed by atoms with Crippen LogP contribution in [0.3, 0.4) is 0 Å². The molecule has 1 aliphatic heterocycles. The molecule has 0 saturated carbocycles. The molecule has 3 aromatic rings. The van der Waals surface area contributed by atoms with Crippen molar-refractivity contribution in [3.63, 3.8) is 0 Å². The Morgan fingerprint density at radius 3 is 2.71 bits per heavy atom. The lowest BCUT2D eigenvalue weighted by molar-refractivity contribution is 0.209. The Hall–Kier alpha value is -2.01. The van der Waals surface area contributed by atoms with Crippen molar-refractivity contribution in [3.05, 3.63) is 81.1 Å². The summed E-state index contributed by atoms with van der Waals surface area (Å²) in [6.45, 7) is 2.69. The van der Waals surface area contributed by atoms with Crippen molar-refractivity contribution in [1.82, 2.24) is 15.1 Å². The third-order valence-electron chi connectivity index (χ3n) is 6.62. The first kappa shape index (κ1) is 20.9. The lowest BCUT2D eigenvalue weighted by atomic mass is 9.92. The number of nitrogens with one attached hydrogen (secondary N) is 1. The zero-order valence-electron chi connectivity index (χ0n) is 17.5. The highest BCUT2D eigenvalue weighted by Crippen LogP contribution is 2.38. The van der Waals surface area contributed by atoms with Crippen LogP contribution >= 0.6 is 23.2 Å². The minimum absolute atomic E-state index is 0.468. The summed E-state index contributed by atoms with van der Waals surface area (Å²) in [4.78, 5) is 2.61. The summed E-state index contributed by atoms with van der Waals surface area (Å²) < 4.78 is 5.91. The van der Waals surface area contributed by atoms with Crippen LogP contribution in [-0.2, 0) is 19.4 Å². The molecule has 5 rings (SSSR count). The predicted octanol–water partition coefficient (Wildman–Crippen LogP) is 6.24. The molecule has 1 fully saturated rings. The van der Waals surface area contributed by atoms with Gasteiger partial charge in [0.2, 0.25) is 0 Å². The van der Waals surface area contributed by atoms with E-state index in [4.69, 9.17) is 27.9 Å². The summed E-state index contributed by atoms with van der Waals surface area (Å²) in [5.74, 6) is 1.27. The molecule has 0 bridgehead atoms. The number of likely N-dealkylation sites (tertiary alicyclic amines) is 1. The fourth-order valence-corrected chi connectivity index (χ4v) is 5.63. The van der Waals surface area contributed by atoms with Crippen LogP contribution in [0.2, 0.25) is 10.0 Å². The number of nitrogens with zero attached hydrogens (tertiary/aromatic N) is 2. The predicted molar refractivity (Wildman–Crippen MR) is 125 cm³/mol. The number of fused-ring (bicyclic) bond motifs is 1. The minimum atomic E-state index is 0.468. The Labute approximate surface area is 193 Å². The minimum Gasteiger partial charge on any atom is -0.489 e. The van der Waals surface area contributed by atoms with E-state index in [1.165, 1.54) is 30.5 Å². The standard InChI is InChI=1S/C25H27Cl2N3O/c26-22-12-20(31-16-17-5-2-1-3-6-17)13-23(27)21(22)11-18-9-10-30(15-18)24-8-4-7-19-14-28-29-25(19)24/h1-3,5-6,12-14,18,24H,4,7-11,15-16H2,(H,28,29)/t18-,24?/m0/s1. The Bertz CT molecular complexity index is 1010. The lowest BCUT2D eigenvalue weighted by Crippen LogP contribution is -2.29. The quantitative estimate of drug-likeness (QED) is 0.478. The summed E-state index contributed by atoms with van der Waals surface area (Å²) in [5, 5.41) is 8.92. The highest BCUT2D eigenvalue weighted by Gasteiger charge is 2.33. The van der Waals surface area contributed by atoms with E-state index in [0.717, 1.165) is 37.1 Å². The normalized spacial score (nSPS) is 21.2. The van der Waals surface area contributed by atoms with E-state index >= 15 is 0 Å². The Balaban J connectivity index is 1.23. The van der Waals surface area contributed by atoms with Crippen LogP contribution in [0.15, 0.2) is 48.7 Å². The number of aromatic amines is 1. The number of benzene rings is 2. The van der Waals surface area contributed by atoms with Gasteiger partial charge in [0.25, 0.3) is 0 Å². The van der Waals surface area contributed by atoms with Crippen molar-refractivity contribution in [2.75, 3.05) is 13.1 Å². The van der Waals surface area contributed by atoms with Gasteiger partial charge in [0.05, 0.1) is 17.9 Å². The first-order valence-corrected chi connectivity index (χ1v) is 11.8. The fourth-order valence-electron chi connectivity index (χ4n) is 5.00. The van der Waals surface area contributed by atoms with Gasteiger partial charge in [-0.2, -0.15) is 5.10 Å². The molecular weight excluding hydrogens is 429 g/mol. The van der Waals surface area contributed by atoms with Crippen LogP contribution in [0.5, 0.6) is 5.75 Å². The van der Waals surface area contributed by atoms with Gasteiger partial charge in [-0.1, -0.05) is 53.5 Å². The number of halogens is 2. The van der Waals surface area contributed by atoms with Gasteiger partial charge in [-0.15, -0.1) is 0 Å². The molecule has 2 heterocycles. The molecule has 6 heteroatoms. The molecule has 4 nitrogen and oxygen atoms in total. The number of hydrogen-bond acceptors (Lipinski definition) is 3. The maximum atomic E-state index is 6.64. The van der Waals surface area contributed by atoms with Gasteiger partial charge < -0.3 is 4.74 Å². The van der Waals surface area contributed by atoms with Crippen LogP contribution in [0.4, 0.5) is 0 Å². The van der Waals surface area contributed by atoms with Crippen molar-refractivity contribution >= 4 is 23.2 Å². The summed E-state index contributed by atoms with van der Waals surface area (Å²) >= 11 is 13.3. The highest BCUT2D eigenvalue weighted by molar-refractivity contribution is 6.36. The molecule has 31 heavy (non-hydrogen) atoms. The van der Waals surface area contributed by atoms with Crippen molar-refractivity contribution in [3.8, 4) is 5.75 Å². The number of aromatic nitrogens is 2. The van der Waals surface area contributed by atoms with E-state index in [1.807, 2.05) is 48.7 Å². The van der Waals surface area contributed by atoms with Gasteiger partial charge in [-0.3, -0.25) is 10.00 Å². The Morgan fingerprint density at radius 2 is 1.90 bits per heavy atom. The summed E-state index contributed by atoms with van der Waals surface area (Å²) in [7, 11) is 0. The van der Waals surface area contributed by atoms with Crippen LogP contribution < -0.4 is 4.74 Å². The number of rotatable bonds is 6. The van der Waals surface area contributed by atoms with Crippen LogP contribution in [0.25, 0.3) is 0 Å². The number of aryl methyl sites for hydroxylation is 1. The average molecular weight is 456 g/mol. The van der Waals surface area contributed by atoms with E-state index < -0.39 is 0 Å². The van der Waals surface area contributed by atoms with Gasteiger partial charge in [0, 0.05) is 16.6 Å². The first-order chi connectivity index (χ1) is 15.2. The second-order valence-corrected chi connectivity index (χ2v) is 9.52. The van der Waals surface area contributed by atoms with E-state index in [0.29, 0.717) is 34.4 Å². The van der Waals surface area contributed by atoms with Crippen molar-refractivity contribution in [2.45, 2.75) is 44.8 Å². The molecule has 0 radical (unpaired) electrons. The molecule has 1 aromatic heterocycles. The van der Waals surface area contributed by atoms with Crippen molar-refractivity contribution < 1.29 is 4.74 Å². The van der Waals surface area contributed by atoms with Crippen molar-refractivity contribution in [2.24, 2.45) is 5.92 Å². The second-order valence-electron chi connectivity index (χ2n) is 8.71. The van der Waals surface area contributed by atoms with Gasteiger partial charge in [0.1, 0.15) is 12.4 Å². The maximum absolute atomic E-state index is 6.64. The monoisotopic (exact) mass is 455 g/mol. The lowest BCUT2D eigenvalue weighted by Gasteiger charge is -2.30. The van der Waals surface area contributed by atoms with Crippen molar-refractivity contribution in [1.29, 1.82) is 0 Å². The molecule has 0 spiro atoms. The first-order valence-electron chi connectivity index (χ1n) is 11.1. The largest absolute Gasteiger partial charge is 0.489 e. The van der Waals surface area contributed by atoms with Gasteiger partial charge in [0.15, 0.2) is 0 Å². The molecule has 2 aromatic carbocycles. The molecular formula is C25H27Cl2N3O. The average Bonchev–Trinajstić information content (AvgIpc) is 3.45. The van der Waals surface area contributed by atoms with E-state index in [-0.39, 0.29) is 0 Å². The fraction of sp³-hybridized carbons (Fsp3) is 0.400. The highest BCUT2D eigenvalue weighted by atomic mass is 35.5. The van der Waals surface area contributed by atoms with Crippen LogP contribution in [0, 0.1) is 5.92 Å². The third-order valence-corrected chi connectivity index (χ3v) is 7.30. The van der Waals surface area contributed by atoms with Crippen LogP contribution in [-0.4, -0.2) is 28.2 Å². The summed E-state index contributed by atoms with van der Waals surface area (Å²) in [6, 6.07) is 14.4. The molecule has 162 valence electrons. The third kappa shape index (κ3) is 4.62. The molecule has 1 aliphatic carbocycles. The number of H-pyrrole nitrogens is 1. The second kappa shape index (κ2) is 9.23. The molecule has 0 amide bonds. The smallest absolute Gasteiger partial charge is 0.122 e. The zero-order chi connectivity index (χ0) is 21.2. The number of ether oxygens (including phenoxy) is 1. The zero-order valence-corrected chi connectivity index (χ0v) is 19.0. The van der Waals surface area contributed by atoms with E-state index in [2.05, 4.69) is 15.1 Å². The Kier molecular flexibility index (Phi) is 6.22. The molecule has 1 unspecified atom stereocenters. The van der Waals surface area contributed by atoms with Crippen LogP contribution in [0.1, 0.15) is 47.7 Å². The summed E-state index contributed by atoms with van der Waals surface area (Å²) in [5.41, 5.74) is 4.86. The van der Waals surface area contributed by atoms with E-state index in [1.54, 1.807) is 0 Å². The molecule has 1 saturated heterocycles. The Morgan fingerprint density at radius 1 is 1.10 bits per heavy atom.